The summed E-state index contributed by atoms with van der Waals surface area (Å²) in [5.74, 6) is -0.603. The van der Waals surface area contributed by atoms with Crippen LogP contribution in [0.4, 0.5) is 14.5 Å². The van der Waals surface area contributed by atoms with Crippen LogP contribution in [0.25, 0.3) is 0 Å². The van der Waals surface area contributed by atoms with Crippen LogP contribution < -0.4 is 15.4 Å². The number of nitrogens with two attached hydrogens (primary N) is 1. The molecular weight excluding hydrogens is 298 g/mol. The van der Waals surface area contributed by atoms with Crippen molar-refractivity contribution in [1.29, 1.82) is 0 Å². The molecule has 0 amide bonds. The molecule has 1 heterocycles. The van der Waals surface area contributed by atoms with Gasteiger partial charge in [0.25, 0.3) is 0 Å². The van der Waals surface area contributed by atoms with Gasteiger partial charge in [0.15, 0.2) is 11.6 Å². The van der Waals surface area contributed by atoms with Crippen LogP contribution in [0, 0.1) is 11.6 Å². The lowest BCUT2D eigenvalue weighted by atomic mass is 9.88. The molecule has 1 aliphatic heterocycles. The normalized spacial score (nSPS) is 21.3. The molecule has 0 aromatic heterocycles. The predicted molar refractivity (Wildman–Crippen MR) is 86.9 cm³/mol. The maximum absolute atomic E-state index is 13.5. The van der Waals surface area contributed by atoms with Crippen molar-refractivity contribution in [3.05, 3.63) is 59.7 Å². The molecule has 2 N–H and O–H groups in total. The Morgan fingerprint density at radius 3 is 2.43 bits per heavy atom. The summed E-state index contributed by atoms with van der Waals surface area (Å²) >= 11 is 0. The third-order valence-corrected chi connectivity index (χ3v) is 4.34. The van der Waals surface area contributed by atoms with Crippen molar-refractivity contribution in [2.75, 3.05) is 25.1 Å². The molecule has 5 heteroatoms. The van der Waals surface area contributed by atoms with Crippen LogP contribution >= 0.6 is 0 Å². The van der Waals surface area contributed by atoms with E-state index in [1.165, 1.54) is 11.6 Å². The first kappa shape index (κ1) is 15.7. The summed E-state index contributed by atoms with van der Waals surface area (Å²) in [6, 6.07) is 11.9. The predicted octanol–water partition coefficient (Wildman–Crippen LogP) is 3.29. The SMILES string of the molecule is COc1ccc(C2CC(N)CN(c3ccc(F)c(F)c3)C2)cc1. The molecule has 1 fully saturated rings. The average Bonchev–Trinajstić information content (AvgIpc) is 2.57. The lowest BCUT2D eigenvalue weighted by molar-refractivity contribution is 0.413. The van der Waals surface area contributed by atoms with Gasteiger partial charge >= 0.3 is 0 Å². The molecule has 3 rings (SSSR count). The highest BCUT2D eigenvalue weighted by Crippen LogP contribution is 2.31. The number of piperidine rings is 1. The van der Waals surface area contributed by atoms with Crippen LogP contribution in [0.1, 0.15) is 17.9 Å². The Balaban J connectivity index is 1.81. The highest BCUT2D eigenvalue weighted by molar-refractivity contribution is 5.48. The smallest absolute Gasteiger partial charge is 0.160 e. The fourth-order valence-electron chi connectivity index (χ4n) is 3.15. The Morgan fingerprint density at radius 2 is 1.78 bits per heavy atom. The Kier molecular flexibility index (Phi) is 4.48. The largest absolute Gasteiger partial charge is 0.497 e. The van der Waals surface area contributed by atoms with Gasteiger partial charge in [0.1, 0.15) is 5.75 Å². The zero-order valence-corrected chi connectivity index (χ0v) is 13.0. The van der Waals surface area contributed by atoms with E-state index in [9.17, 15) is 8.78 Å². The molecular formula is C18H20F2N2O. The van der Waals surface area contributed by atoms with Crippen molar-refractivity contribution < 1.29 is 13.5 Å². The molecule has 2 aromatic rings. The lowest BCUT2D eigenvalue weighted by Crippen LogP contribution is -2.46. The fraction of sp³-hybridized carbons (Fsp3) is 0.333. The van der Waals surface area contributed by atoms with Gasteiger partial charge < -0.3 is 15.4 Å². The average molecular weight is 318 g/mol. The van der Waals surface area contributed by atoms with E-state index >= 15 is 0 Å². The molecule has 2 atom stereocenters. The number of benzene rings is 2. The summed E-state index contributed by atoms with van der Waals surface area (Å²) < 4.78 is 31.8. The molecule has 2 unspecified atom stereocenters. The summed E-state index contributed by atoms with van der Waals surface area (Å²) in [5, 5.41) is 0. The van der Waals surface area contributed by atoms with Gasteiger partial charge in [0.05, 0.1) is 7.11 Å². The van der Waals surface area contributed by atoms with Gasteiger partial charge in [-0.05, 0) is 36.2 Å². The van der Waals surface area contributed by atoms with Crippen LogP contribution in [0.15, 0.2) is 42.5 Å². The molecule has 0 spiro atoms. The van der Waals surface area contributed by atoms with Gasteiger partial charge in [0.2, 0.25) is 0 Å². The first-order valence-corrected chi connectivity index (χ1v) is 7.66. The van der Waals surface area contributed by atoms with Crippen molar-refractivity contribution >= 4 is 5.69 Å². The minimum atomic E-state index is -0.832. The van der Waals surface area contributed by atoms with E-state index in [0.717, 1.165) is 24.8 Å². The van der Waals surface area contributed by atoms with Crippen LogP contribution in [0.3, 0.4) is 0 Å². The molecule has 0 aliphatic carbocycles. The van der Waals surface area contributed by atoms with Gasteiger partial charge in [-0.15, -0.1) is 0 Å². The number of halogens is 2. The number of ether oxygens (including phenoxy) is 1. The second-order valence-corrected chi connectivity index (χ2v) is 5.97. The molecule has 0 bridgehead atoms. The topological polar surface area (TPSA) is 38.5 Å². The number of hydrogen-bond donors (Lipinski definition) is 1. The van der Waals surface area contributed by atoms with Gasteiger partial charge in [-0.2, -0.15) is 0 Å². The molecule has 0 saturated carbocycles. The Morgan fingerprint density at radius 1 is 1.04 bits per heavy atom. The van der Waals surface area contributed by atoms with E-state index in [-0.39, 0.29) is 12.0 Å². The summed E-state index contributed by atoms with van der Waals surface area (Å²) in [6.45, 7) is 1.36. The van der Waals surface area contributed by atoms with E-state index < -0.39 is 11.6 Å². The van der Waals surface area contributed by atoms with Crippen molar-refractivity contribution in [2.45, 2.75) is 18.4 Å². The number of nitrogens with zero attached hydrogens (tertiary/aromatic N) is 1. The number of hydrogen-bond acceptors (Lipinski definition) is 3. The van der Waals surface area contributed by atoms with Crippen molar-refractivity contribution in [3.8, 4) is 5.75 Å². The third kappa shape index (κ3) is 3.45. The van der Waals surface area contributed by atoms with Crippen LogP contribution in [-0.2, 0) is 0 Å². The number of methoxy groups -OCH3 is 1. The zero-order valence-electron chi connectivity index (χ0n) is 13.0. The maximum Gasteiger partial charge on any atom is 0.160 e. The highest BCUT2D eigenvalue weighted by Gasteiger charge is 2.27. The molecule has 122 valence electrons. The van der Waals surface area contributed by atoms with Crippen molar-refractivity contribution in [2.24, 2.45) is 5.73 Å². The van der Waals surface area contributed by atoms with E-state index in [1.54, 1.807) is 13.2 Å². The molecule has 3 nitrogen and oxygen atoms in total. The second-order valence-electron chi connectivity index (χ2n) is 5.97. The van der Waals surface area contributed by atoms with Crippen LogP contribution in [0.5, 0.6) is 5.75 Å². The monoisotopic (exact) mass is 318 g/mol. The molecule has 1 aliphatic rings. The Bertz CT molecular complexity index is 675. The number of anilines is 1. The summed E-state index contributed by atoms with van der Waals surface area (Å²) in [4.78, 5) is 2.02. The minimum Gasteiger partial charge on any atom is -0.497 e. The third-order valence-electron chi connectivity index (χ3n) is 4.34. The standard InChI is InChI=1S/C18H20F2N2O/c1-23-16-5-2-12(3-6-16)13-8-14(21)11-22(10-13)15-4-7-17(19)18(20)9-15/h2-7,9,13-14H,8,10-11,21H2,1H3. The molecule has 2 aromatic carbocycles. The Hall–Kier alpha value is -2.14. The van der Waals surface area contributed by atoms with Crippen LogP contribution in [0.2, 0.25) is 0 Å². The fourth-order valence-corrected chi connectivity index (χ4v) is 3.15. The van der Waals surface area contributed by atoms with Crippen LogP contribution in [-0.4, -0.2) is 26.2 Å². The first-order valence-electron chi connectivity index (χ1n) is 7.66. The summed E-state index contributed by atoms with van der Waals surface area (Å²) in [5.41, 5.74) is 8.02. The maximum atomic E-state index is 13.5. The highest BCUT2D eigenvalue weighted by atomic mass is 19.2. The minimum absolute atomic E-state index is 0.0102. The van der Waals surface area contributed by atoms with Gasteiger partial charge in [-0.25, -0.2) is 8.78 Å². The molecule has 23 heavy (non-hydrogen) atoms. The Labute approximate surface area is 134 Å². The van der Waals surface area contributed by atoms with E-state index in [0.29, 0.717) is 12.2 Å². The van der Waals surface area contributed by atoms with Gasteiger partial charge in [0, 0.05) is 36.8 Å². The summed E-state index contributed by atoms with van der Waals surface area (Å²) in [6.07, 6.45) is 0.868. The second kappa shape index (κ2) is 6.54. The quantitative estimate of drug-likeness (QED) is 0.944. The van der Waals surface area contributed by atoms with E-state index in [4.69, 9.17) is 10.5 Å². The van der Waals surface area contributed by atoms with E-state index in [1.807, 2.05) is 29.2 Å². The molecule has 0 radical (unpaired) electrons. The first-order chi connectivity index (χ1) is 11.1. The van der Waals surface area contributed by atoms with E-state index in [2.05, 4.69) is 0 Å². The van der Waals surface area contributed by atoms with Gasteiger partial charge in [-0.1, -0.05) is 12.1 Å². The van der Waals surface area contributed by atoms with Crippen molar-refractivity contribution in [3.63, 3.8) is 0 Å². The summed E-state index contributed by atoms with van der Waals surface area (Å²) in [7, 11) is 1.64. The van der Waals surface area contributed by atoms with Crippen molar-refractivity contribution in [1.82, 2.24) is 0 Å². The zero-order chi connectivity index (χ0) is 16.4. The van der Waals surface area contributed by atoms with Gasteiger partial charge in [-0.3, -0.25) is 0 Å². The lowest BCUT2D eigenvalue weighted by Gasteiger charge is -2.38. The number of rotatable bonds is 3. The molecule has 1 saturated heterocycles.